The number of aromatic nitrogens is 4. The lowest BCUT2D eigenvalue weighted by atomic mass is 9.82. The molecule has 2 aliphatic rings. The Labute approximate surface area is 291 Å². The fourth-order valence-corrected chi connectivity index (χ4v) is 7.04. The molecule has 0 radical (unpaired) electrons. The van der Waals surface area contributed by atoms with Crippen molar-refractivity contribution in [1.29, 1.82) is 0 Å². The Kier molecular flexibility index (Phi) is 11.1. The molecule has 2 aromatic carbocycles. The largest absolute Gasteiger partial charge is 0.480 e. The van der Waals surface area contributed by atoms with E-state index >= 15 is 0 Å². The molecule has 1 saturated carbocycles. The summed E-state index contributed by atoms with van der Waals surface area (Å²) >= 11 is 14.1. The number of amides is 1. The summed E-state index contributed by atoms with van der Waals surface area (Å²) in [5.41, 5.74) is 5.60. The molecule has 48 heavy (non-hydrogen) atoms. The molecule has 1 amide bonds. The van der Waals surface area contributed by atoms with Crippen LogP contribution in [0.15, 0.2) is 48.8 Å². The van der Waals surface area contributed by atoms with Crippen molar-refractivity contribution in [1.82, 2.24) is 30.6 Å². The van der Waals surface area contributed by atoms with Crippen LogP contribution in [0.2, 0.25) is 10.0 Å². The number of methoxy groups -OCH3 is 3. The number of carbonyl (C=O) groups is 1. The molecule has 1 atom stereocenters. The van der Waals surface area contributed by atoms with Crippen LogP contribution < -0.4 is 20.1 Å². The van der Waals surface area contributed by atoms with E-state index in [0.717, 1.165) is 61.2 Å². The first kappa shape index (κ1) is 34.0. The van der Waals surface area contributed by atoms with Crippen LogP contribution in [0, 0.1) is 5.92 Å². The highest BCUT2D eigenvalue weighted by molar-refractivity contribution is 6.39. The first-order valence-corrected chi connectivity index (χ1v) is 17.0. The average molecular weight is 692 g/mol. The summed E-state index contributed by atoms with van der Waals surface area (Å²) in [6.45, 7) is 1.44. The number of hydrogen-bond acceptors (Lipinski definition) is 9. The van der Waals surface area contributed by atoms with Gasteiger partial charge in [0.05, 0.1) is 54.2 Å². The minimum atomic E-state index is 0.126. The van der Waals surface area contributed by atoms with Crippen molar-refractivity contribution < 1.29 is 19.0 Å². The van der Waals surface area contributed by atoms with E-state index in [1.807, 2.05) is 36.4 Å². The Hall–Kier alpha value is -3.83. The zero-order valence-electron chi connectivity index (χ0n) is 27.4. The molecule has 10 nitrogen and oxygen atoms in total. The number of nitrogens with one attached hydrogen (secondary N) is 2. The Balaban J connectivity index is 1.19. The zero-order valence-corrected chi connectivity index (χ0v) is 28.9. The van der Waals surface area contributed by atoms with Crippen LogP contribution in [-0.2, 0) is 22.5 Å². The average Bonchev–Trinajstić information content (AvgIpc) is 3.51. The molecule has 2 N–H and O–H groups in total. The van der Waals surface area contributed by atoms with Gasteiger partial charge < -0.3 is 24.8 Å². The number of benzene rings is 2. The van der Waals surface area contributed by atoms with Crippen LogP contribution in [0.5, 0.6) is 11.8 Å². The van der Waals surface area contributed by atoms with Crippen LogP contribution in [0.3, 0.4) is 0 Å². The summed E-state index contributed by atoms with van der Waals surface area (Å²) in [7, 11) is 4.95. The van der Waals surface area contributed by atoms with Gasteiger partial charge in [-0.25, -0.2) is 9.97 Å². The summed E-state index contributed by atoms with van der Waals surface area (Å²) < 4.78 is 16.6. The number of ether oxygens (including phenoxy) is 3. The van der Waals surface area contributed by atoms with E-state index < -0.39 is 0 Å². The number of carbonyl (C=O) groups excluding carboxylic acids is 1. The number of nitrogens with zero attached hydrogens (tertiary/aromatic N) is 4. The van der Waals surface area contributed by atoms with Gasteiger partial charge in [-0.1, -0.05) is 59.6 Å². The highest BCUT2D eigenvalue weighted by atomic mass is 35.5. The predicted molar refractivity (Wildman–Crippen MR) is 186 cm³/mol. The summed E-state index contributed by atoms with van der Waals surface area (Å²) in [5, 5.41) is 7.47. The number of hydrogen-bond donors (Lipinski definition) is 2. The van der Waals surface area contributed by atoms with E-state index in [4.69, 9.17) is 47.4 Å². The van der Waals surface area contributed by atoms with Crippen molar-refractivity contribution in [3.63, 3.8) is 0 Å². The maximum absolute atomic E-state index is 11.5. The lowest BCUT2D eigenvalue weighted by Crippen LogP contribution is -2.37. The Morgan fingerprint density at radius 2 is 1.44 bits per heavy atom. The maximum Gasteiger partial charge on any atom is 0.237 e. The summed E-state index contributed by atoms with van der Waals surface area (Å²) in [6.07, 6.45) is 9.90. The third-order valence-electron chi connectivity index (χ3n) is 9.15. The third kappa shape index (κ3) is 7.57. The minimum Gasteiger partial charge on any atom is -0.480 e. The van der Waals surface area contributed by atoms with Crippen molar-refractivity contribution in [3.05, 3.63) is 70.2 Å². The zero-order chi connectivity index (χ0) is 33.6. The summed E-state index contributed by atoms with van der Waals surface area (Å²) in [5.74, 6) is 1.64. The molecular formula is C36H40Cl2N6O4. The van der Waals surface area contributed by atoms with Gasteiger partial charge in [0.15, 0.2) is 0 Å². The minimum absolute atomic E-state index is 0.126. The van der Waals surface area contributed by atoms with Gasteiger partial charge in [0.25, 0.3) is 0 Å². The van der Waals surface area contributed by atoms with E-state index in [0.29, 0.717) is 75.7 Å². The van der Waals surface area contributed by atoms with Crippen LogP contribution in [-0.4, -0.2) is 65.9 Å². The molecule has 1 aliphatic heterocycles. The van der Waals surface area contributed by atoms with Crippen LogP contribution >= 0.6 is 23.2 Å². The van der Waals surface area contributed by atoms with Crippen LogP contribution in [0.1, 0.15) is 49.9 Å². The molecule has 1 aliphatic carbocycles. The van der Waals surface area contributed by atoms with Gasteiger partial charge in [0, 0.05) is 48.4 Å². The monoisotopic (exact) mass is 690 g/mol. The van der Waals surface area contributed by atoms with Gasteiger partial charge in [0.2, 0.25) is 17.7 Å². The number of rotatable bonds is 14. The fraction of sp³-hybridized carbons (Fsp3) is 0.417. The maximum atomic E-state index is 11.5. The van der Waals surface area contributed by atoms with Crippen LogP contribution in [0.25, 0.3) is 33.6 Å². The van der Waals surface area contributed by atoms with Crippen LogP contribution in [0.4, 0.5) is 0 Å². The van der Waals surface area contributed by atoms with Crippen molar-refractivity contribution >= 4 is 29.1 Å². The second-order valence-electron chi connectivity index (χ2n) is 12.3. The van der Waals surface area contributed by atoms with Gasteiger partial charge in [-0.15, -0.1) is 0 Å². The highest BCUT2D eigenvalue weighted by Crippen LogP contribution is 2.42. The summed E-state index contributed by atoms with van der Waals surface area (Å²) in [6, 6.07) is 11.7. The second-order valence-corrected chi connectivity index (χ2v) is 13.0. The van der Waals surface area contributed by atoms with Gasteiger partial charge >= 0.3 is 0 Å². The quantitative estimate of drug-likeness (QED) is 0.149. The summed E-state index contributed by atoms with van der Waals surface area (Å²) in [4.78, 5) is 30.4. The first-order valence-electron chi connectivity index (χ1n) is 16.3. The molecule has 2 fully saturated rings. The second kappa shape index (κ2) is 15.6. The molecule has 0 unspecified atom stereocenters. The van der Waals surface area contributed by atoms with Gasteiger partial charge in [-0.2, -0.15) is 0 Å². The smallest absolute Gasteiger partial charge is 0.237 e. The van der Waals surface area contributed by atoms with Crippen molar-refractivity contribution in [2.45, 2.75) is 63.6 Å². The number of halogens is 2. The Morgan fingerprint density at radius 1 is 0.854 bits per heavy atom. The standard InChI is InChI=1S/C36H40Cl2N6O4/c1-46-23-15-21(16-23)17-39-18-31-36(48-3)44-30(20-41-31)27-11-6-9-25(34(27)38)24-8-5-10-26(33(24)37)29-19-40-28(35(43-29)47-2)12-4-7-22-13-14-32(45)42-22/h5-6,8-11,19-23,39H,4,7,12-18H2,1-3H3,(H,42,45)/t21?,22-,23?/m1/s1. The van der Waals surface area contributed by atoms with Crippen molar-refractivity contribution in [3.8, 4) is 45.4 Å². The molecule has 6 rings (SSSR count). The lowest BCUT2D eigenvalue weighted by Gasteiger charge is -2.34. The Morgan fingerprint density at radius 3 is 2.00 bits per heavy atom. The van der Waals surface area contributed by atoms with Gasteiger partial charge in [-0.05, 0) is 51.0 Å². The molecule has 2 aromatic heterocycles. The molecule has 0 spiro atoms. The van der Waals surface area contributed by atoms with E-state index in [2.05, 4.69) is 20.6 Å². The molecule has 4 aromatic rings. The van der Waals surface area contributed by atoms with Gasteiger partial charge in [0.1, 0.15) is 11.4 Å². The fourth-order valence-electron chi connectivity index (χ4n) is 6.39. The highest BCUT2D eigenvalue weighted by Gasteiger charge is 2.28. The van der Waals surface area contributed by atoms with Gasteiger partial charge in [-0.3, -0.25) is 14.8 Å². The molecule has 1 saturated heterocycles. The predicted octanol–water partition coefficient (Wildman–Crippen LogP) is 6.71. The van der Waals surface area contributed by atoms with E-state index in [9.17, 15) is 4.79 Å². The SMILES string of the molecule is COc1nc(-c2cccc(-c3cccc(-c4cnc(CNCC5CC(OC)C5)c(OC)n4)c3Cl)c2Cl)cnc1CCC[C@@H]1CCC(=O)N1. The van der Waals surface area contributed by atoms with E-state index in [1.54, 1.807) is 33.7 Å². The van der Waals surface area contributed by atoms with E-state index in [1.165, 1.54) is 0 Å². The lowest BCUT2D eigenvalue weighted by molar-refractivity contribution is -0.119. The van der Waals surface area contributed by atoms with E-state index in [-0.39, 0.29) is 11.9 Å². The first-order chi connectivity index (χ1) is 23.4. The molecule has 12 heteroatoms. The normalized spacial score (nSPS) is 18.8. The molecule has 252 valence electrons. The molecule has 3 heterocycles. The molecular weight excluding hydrogens is 651 g/mol. The Bertz CT molecular complexity index is 1770. The third-order valence-corrected chi connectivity index (χ3v) is 9.97. The van der Waals surface area contributed by atoms with Crippen molar-refractivity contribution in [2.24, 2.45) is 5.92 Å². The van der Waals surface area contributed by atoms with Crippen molar-refractivity contribution in [2.75, 3.05) is 27.9 Å². The number of aryl methyl sites for hydroxylation is 1. The molecule has 0 bridgehead atoms. The topological polar surface area (TPSA) is 120 Å².